The summed E-state index contributed by atoms with van der Waals surface area (Å²) in [5.41, 5.74) is 2.47. The van der Waals surface area contributed by atoms with Crippen molar-refractivity contribution in [3.8, 4) is 0 Å². The fourth-order valence-corrected chi connectivity index (χ4v) is 2.23. The van der Waals surface area contributed by atoms with Gasteiger partial charge in [0, 0.05) is 11.3 Å². The molecule has 0 fully saturated rings. The molecule has 100 valence electrons. The van der Waals surface area contributed by atoms with Crippen LogP contribution in [-0.2, 0) is 0 Å². The second-order valence-electron chi connectivity index (χ2n) is 4.67. The van der Waals surface area contributed by atoms with E-state index in [0.717, 1.165) is 16.8 Å². The SMILES string of the molecule is Cc1cc(F)ccc1Nc1ncnc(Cl)c1C(C)C. The Balaban J connectivity index is 2.41. The van der Waals surface area contributed by atoms with Crippen LogP contribution >= 0.6 is 11.6 Å². The normalized spacial score (nSPS) is 10.8. The topological polar surface area (TPSA) is 37.8 Å². The highest BCUT2D eigenvalue weighted by Gasteiger charge is 2.14. The molecule has 0 unspecified atom stereocenters. The molecule has 0 aliphatic carbocycles. The number of hydrogen-bond acceptors (Lipinski definition) is 3. The monoisotopic (exact) mass is 279 g/mol. The third-order valence-electron chi connectivity index (χ3n) is 2.85. The van der Waals surface area contributed by atoms with Crippen molar-refractivity contribution >= 4 is 23.1 Å². The van der Waals surface area contributed by atoms with Crippen LogP contribution in [0, 0.1) is 12.7 Å². The van der Waals surface area contributed by atoms with Gasteiger partial charge in [-0.3, -0.25) is 0 Å². The molecule has 1 N–H and O–H groups in total. The van der Waals surface area contributed by atoms with E-state index in [1.165, 1.54) is 18.5 Å². The molecular formula is C14H15ClFN3. The van der Waals surface area contributed by atoms with Crippen molar-refractivity contribution in [1.29, 1.82) is 0 Å². The van der Waals surface area contributed by atoms with E-state index >= 15 is 0 Å². The molecule has 0 aliphatic rings. The lowest BCUT2D eigenvalue weighted by Crippen LogP contribution is -2.04. The zero-order chi connectivity index (χ0) is 14.0. The molecule has 5 heteroatoms. The van der Waals surface area contributed by atoms with Crippen molar-refractivity contribution in [3.63, 3.8) is 0 Å². The van der Waals surface area contributed by atoms with Gasteiger partial charge in [0.1, 0.15) is 23.1 Å². The van der Waals surface area contributed by atoms with E-state index in [1.54, 1.807) is 6.07 Å². The van der Waals surface area contributed by atoms with Crippen LogP contribution in [-0.4, -0.2) is 9.97 Å². The fourth-order valence-electron chi connectivity index (χ4n) is 1.88. The van der Waals surface area contributed by atoms with Gasteiger partial charge in [-0.05, 0) is 36.6 Å². The molecule has 2 aromatic rings. The van der Waals surface area contributed by atoms with E-state index in [4.69, 9.17) is 11.6 Å². The number of halogens is 2. The summed E-state index contributed by atoms with van der Waals surface area (Å²) in [6.07, 6.45) is 1.41. The Labute approximate surface area is 116 Å². The summed E-state index contributed by atoms with van der Waals surface area (Å²) in [5, 5.41) is 3.63. The second kappa shape index (κ2) is 5.53. The summed E-state index contributed by atoms with van der Waals surface area (Å²) in [6.45, 7) is 5.88. The molecule has 0 aliphatic heterocycles. The first kappa shape index (κ1) is 13.7. The number of anilines is 2. The molecule has 0 saturated carbocycles. The summed E-state index contributed by atoms with van der Waals surface area (Å²) < 4.78 is 13.1. The van der Waals surface area contributed by atoms with E-state index in [9.17, 15) is 4.39 Å². The maximum absolute atomic E-state index is 13.1. The zero-order valence-electron chi connectivity index (χ0n) is 11.0. The predicted octanol–water partition coefficient (Wildman–Crippen LogP) is 4.44. The fraction of sp³-hybridized carbons (Fsp3) is 0.286. The molecule has 0 amide bonds. The van der Waals surface area contributed by atoms with Crippen LogP contribution in [0.2, 0.25) is 5.15 Å². The van der Waals surface area contributed by atoms with E-state index in [1.807, 2.05) is 20.8 Å². The van der Waals surface area contributed by atoms with Crippen molar-refractivity contribution in [2.45, 2.75) is 26.7 Å². The number of aryl methyl sites for hydroxylation is 1. The molecule has 1 aromatic heterocycles. The Bertz CT molecular complexity index is 599. The van der Waals surface area contributed by atoms with Crippen LogP contribution in [0.5, 0.6) is 0 Å². The van der Waals surface area contributed by atoms with Gasteiger partial charge in [0.25, 0.3) is 0 Å². The second-order valence-corrected chi connectivity index (χ2v) is 5.02. The molecule has 0 bridgehead atoms. The molecule has 3 nitrogen and oxygen atoms in total. The first-order valence-corrected chi connectivity index (χ1v) is 6.40. The Morgan fingerprint density at radius 3 is 2.63 bits per heavy atom. The van der Waals surface area contributed by atoms with Gasteiger partial charge in [-0.25, -0.2) is 14.4 Å². The number of aromatic nitrogens is 2. The van der Waals surface area contributed by atoms with Crippen LogP contribution in [0.4, 0.5) is 15.9 Å². The summed E-state index contributed by atoms with van der Waals surface area (Å²) >= 11 is 6.10. The highest BCUT2D eigenvalue weighted by atomic mass is 35.5. The number of nitrogens with one attached hydrogen (secondary N) is 1. The quantitative estimate of drug-likeness (QED) is 0.844. The molecule has 1 aromatic carbocycles. The van der Waals surface area contributed by atoms with E-state index in [2.05, 4.69) is 15.3 Å². The lowest BCUT2D eigenvalue weighted by Gasteiger charge is -2.15. The standard InChI is InChI=1S/C14H15ClFN3/c1-8(2)12-13(15)17-7-18-14(12)19-11-5-4-10(16)6-9(11)3/h4-8H,1-3H3,(H,17,18,19). The summed E-state index contributed by atoms with van der Waals surface area (Å²) in [4.78, 5) is 8.21. The average Bonchev–Trinajstić information content (AvgIpc) is 2.32. The number of nitrogens with zero attached hydrogens (tertiary/aromatic N) is 2. The molecule has 0 radical (unpaired) electrons. The van der Waals surface area contributed by atoms with E-state index < -0.39 is 0 Å². The third kappa shape index (κ3) is 3.01. The Morgan fingerprint density at radius 1 is 1.26 bits per heavy atom. The molecule has 0 spiro atoms. The minimum atomic E-state index is -0.257. The summed E-state index contributed by atoms with van der Waals surface area (Å²) in [7, 11) is 0. The van der Waals surface area contributed by atoms with Crippen molar-refractivity contribution in [1.82, 2.24) is 9.97 Å². The number of benzene rings is 1. The van der Waals surface area contributed by atoms with Crippen LogP contribution in [0.25, 0.3) is 0 Å². The lowest BCUT2D eigenvalue weighted by atomic mass is 10.1. The van der Waals surface area contributed by atoms with Gasteiger partial charge in [0.15, 0.2) is 0 Å². The van der Waals surface area contributed by atoms with Gasteiger partial charge in [0.2, 0.25) is 0 Å². The predicted molar refractivity (Wildman–Crippen MR) is 75.6 cm³/mol. The van der Waals surface area contributed by atoms with E-state index in [-0.39, 0.29) is 11.7 Å². The Hall–Kier alpha value is -1.68. The van der Waals surface area contributed by atoms with Gasteiger partial charge in [-0.15, -0.1) is 0 Å². The molecule has 2 rings (SSSR count). The van der Waals surface area contributed by atoms with Gasteiger partial charge >= 0.3 is 0 Å². The van der Waals surface area contributed by atoms with Crippen LogP contribution in [0.15, 0.2) is 24.5 Å². The minimum Gasteiger partial charge on any atom is -0.340 e. The lowest BCUT2D eigenvalue weighted by molar-refractivity contribution is 0.627. The van der Waals surface area contributed by atoms with Crippen LogP contribution < -0.4 is 5.32 Å². The Kier molecular flexibility index (Phi) is 4.00. The molecule has 19 heavy (non-hydrogen) atoms. The molecular weight excluding hydrogens is 265 g/mol. The third-order valence-corrected chi connectivity index (χ3v) is 3.16. The molecule has 1 heterocycles. The number of hydrogen-bond donors (Lipinski definition) is 1. The van der Waals surface area contributed by atoms with Crippen molar-refractivity contribution in [2.24, 2.45) is 0 Å². The van der Waals surface area contributed by atoms with Gasteiger partial charge in [-0.2, -0.15) is 0 Å². The van der Waals surface area contributed by atoms with Gasteiger partial charge in [-0.1, -0.05) is 25.4 Å². The van der Waals surface area contributed by atoms with Crippen LogP contribution in [0.1, 0.15) is 30.9 Å². The number of rotatable bonds is 3. The first-order chi connectivity index (χ1) is 8.99. The average molecular weight is 280 g/mol. The summed E-state index contributed by atoms with van der Waals surface area (Å²) in [5.74, 6) is 0.592. The van der Waals surface area contributed by atoms with Crippen molar-refractivity contribution < 1.29 is 4.39 Å². The van der Waals surface area contributed by atoms with Crippen molar-refractivity contribution in [2.75, 3.05) is 5.32 Å². The molecule has 0 saturated heterocycles. The van der Waals surface area contributed by atoms with Gasteiger partial charge in [0.05, 0.1) is 0 Å². The maximum Gasteiger partial charge on any atom is 0.138 e. The first-order valence-electron chi connectivity index (χ1n) is 6.02. The largest absolute Gasteiger partial charge is 0.340 e. The molecule has 0 atom stereocenters. The zero-order valence-corrected chi connectivity index (χ0v) is 11.8. The smallest absolute Gasteiger partial charge is 0.138 e. The Morgan fingerprint density at radius 2 is 2.00 bits per heavy atom. The van der Waals surface area contributed by atoms with Crippen molar-refractivity contribution in [3.05, 3.63) is 46.6 Å². The minimum absolute atomic E-state index is 0.192. The maximum atomic E-state index is 13.1. The highest BCUT2D eigenvalue weighted by Crippen LogP contribution is 2.30. The van der Waals surface area contributed by atoms with Crippen LogP contribution in [0.3, 0.4) is 0 Å². The van der Waals surface area contributed by atoms with Gasteiger partial charge < -0.3 is 5.32 Å². The summed E-state index contributed by atoms with van der Waals surface area (Å²) in [6, 6.07) is 4.57. The highest BCUT2D eigenvalue weighted by molar-refractivity contribution is 6.30. The van der Waals surface area contributed by atoms with E-state index in [0.29, 0.717) is 11.0 Å².